The van der Waals surface area contributed by atoms with Gasteiger partial charge in [-0.15, -0.1) is 0 Å². The highest BCUT2D eigenvalue weighted by Gasteiger charge is 2.49. The normalized spacial score (nSPS) is 15.5. The van der Waals surface area contributed by atoms with Gasteiger partial charge in [-0.3, -0.25) is 9.97 Å². The van der Waals surface area contributed by atoms with Gasteiger partial charge in [-0.25, -0.2) is 0 Å². The Balaban J connectivity index is 1.96. The fraction of sp³-hybridized carbons (Fsp3) is 0.278. The zero-order chi connectivity index (χ0) is 29.4. The van der Waals surface area contributed by atoms with Crippen LogP contribution in [0.2, 0.25) is 51.4 Å². The first-order valence-electron chi connectivity index (χ1n) is 15.1. The van der Waals surface area contributed by atoms with Gasteiger partial charge in [-0.05, 0) is 56.9 Å². The van der Waals surface area contributed by atoms with Crippen molar-refractivity contribution in [2.45, 2.75) is 65.2 Å². The van der Waals surface area contributed by atoms with Gasteiger partial charge in [0, 0.05) is 10.6 Å². The van der Waals surface area contributed by atoms with E-state index < -0.39 is 24.2 Å². The second kappa shape index (κ2) is 11.3. The van der Waals surface area contributed by atoms with E-state index in [0.29, 0.717) is 0 Å². The summed E-state index contributed by atoms with van der Waals surface area (Å²) in [6, 6.07) is 37.9. The van der Waals surface area contributed by atoms with Gasteiger partial charge in [0.2, 0.25) is 0 Å². The lowest BCUT2D eigenvalue weighted by Gasteiger charge is -2.32. The molecular weight excluding hydrogens is 545 g/mol. The van der Waals surface area contributed by atoms with Gasteiger partial charge in [0.15, 0.2) is 0 Å². The Labute approximate surface area is 250 Å². The lowest BCUT2D eigenvalue weighted by molar-refractivity contribution is 1.26. The summed E-state index contributed by atoms with van der Waals surface area (Å²) in [5.41, 5.74) is 7.62. The second-order valence-corrected chi connectivity index (χ2v) is 27.9. The summed E-state index contributed by atoms with van der Waals surface area (Å²) >= 11 is 0. The Morgan fingerprint density at radius 3 is 1.17 bits per heavy atom. The van der Waals surface area contributed by atoms with Crippen LogP contribution in [0.15, 0.2) is 97.1 Å². The Hall–Kier alpha value is -3.13. The van der Waals surface area contributed by atoms with Crippen LogP contribution in [0.5, 0.6) is 0 Å². The van der Waals surface area contributed by atoms with Gasteiger partial charge in [0.25, 0.3) is 0 Å². The van der Waals surface area contributed by atoms with Crippen molar-refractivity contribution in [3.05, 3.63) is 120 Å². The van der Waals surface area contributed by atoms with Crippen LogP contribution in [0.3, 0.4) is 0 Å². The van der Waals surface area contributed by atoms with Crippen LogP contribution in [0, 0.1) is 0 Å². The fourth-order valence-electron chi connectivity index (χ4n) is 6.33. The van der Waals surface area contributed by atoms with Crippen molar-refractivity contribution >= 4 is 56.4 Å². The lowest BCUT2D eigenvalue weighted by Crippen LogP contribution is -2.42. The van der Waals surface area contributed by atoms with Crippen molar-refractivity contribution in [3.8, 4) is 0 Å². The third-order valence-electron chi connectivity index (χ3n) is 8.59. The largest absolute Gasteiger partial charge is 0.258 e. The van der Waals surface area contributed by atoms with Crippen molar-refractivity contribution in [2.24, 2.45) is 0 Å². The van der Waals surface area contributed by atoms with Gasteiger partial charge in [-0.1, -0.05) is 138 Å². The molecule has 210 valence electrons. The van der Waals surface area contributed by atoms with Crippen LogP contribution < -0.4 is 10.6 Å². The first-order valence-corrected chi connectivity index (χ1v) is 24.5. The van der Waals surface area contributed by atoms with E-state index in [1.807, 2.05) is 0 Å². The number of hydrogen-bond donors (Lipinski definition) is 0. The molecule has 0 saturated heterocycles. The Morgan fingerprint density at radius 2 is 0.854 bits per heavy atom. The number of allylic oxidation sites excluding steroid dienone is 2. The molecule has 5 rings (SSSR count). The standard InChI is InChI=1S/C36H44N2Si3/c1-9-41(10-2)35(29-23-17-25-31(37-29)39(3,4)5)33(27-19-13-11-14-20-27)34(28-21-15-12-16-22-28)36(41)30-24-18-26-32(38-30)40(6,7)8/h11-26H,9-10H2,1-8H3. The van der Waals surface area contributed by atoms with E-state index in [1.165, 1.54) is 54.7 Å². The quantitative estimate of drug-likeness (QED) is 0.193. The van der Waals surface area contributed by atoms with Crippen molar-refractivity contribution in [1.29, 1.82) is 0 Å². The van der Waals surface area contributed by atoms with E-state index in [-0.39, 0.29) is 0 Å². The molecule has 5 heteroatoms. The molecule has 0 radical (unpaired) electrons. The minimum atomic E-state index is -2.31. The molecule has 2 nitrogen and oxygen atoms in total. The second-order valence-electron chi connectivity index (χ2n) is 13.3. The van der Waals surface area contributed by atoms with Crippen LogP contribution >= 0.6 is 0 Å². The number of pyridine rings is 2. The molecule has 0 saturated carbocycles. The summed E-state index contributed by atoms with van der Waals surface area (Å²) in [6.07, 6.45) is 0. The molecule has 0 amide bonds. The maximum absolute atomic E-state index is 5.50. The van der Waals surface area contributed by atoms with Gasteiger partial charge in [0.1, 0.15) is 24.2 Å². The van der Waals surface area contributed by atoms with E-state index in [2.05, 4.69) is 150 Å². The Kier molecular flexibility index (Phi) is 8.07. The minimum absolute atomic E-state index is 1.11. The average Bonchev–Trinajstić information content (AvgIpc) is 3.29. The van der Waals surface area contributed by atoms with Crippen LogP contribution in [-0.2, 0) is 0 Å². The molecule has 2 aromatic heterocycles. The van der Waals surface area contributed by atoms with Gasteiger partial charge in [-0.2, -0.15) is 0 Å². The van der Waals surface area contributed by atoms with E-state index in [0.717, 1.165) is 12.1 Å². The molecular formula is C36H44N2Si3. The van der Waals surface area contributed by atoms with E-state index in [1.54, 1.807) is 0 Å². The van der Waals surface area contributed by atoms with Crippen molar-refractivity contribution in [1.82, 2.24) is 9.97 Å². The molecule has 41 heavy (non-hydrogen) atoms. The fourth-order valence-corrected chi connectivity index (χ4v) is 13.4. The first kappa shape index (κ1) is 29.4. The maximum Gasteiger partial charge on any atom is 0.124 e. The van der Waals surface area contributed by atoms with Crippen molar-refractivity contribution in [3.63, 3.8) is 0 Å². The number of benzene rings is 2. The average molecular weight is 589 g/mol. The summed E-state index contributed by atoms with van der Waals surface area (Å²) in [6.45, 7) is 19.2. The Morgan fingerprint density at radius 1 is 0.488 bits per heavy atom. The topological polar surface area (TPSA) is 25.8 Å². The summed E-state index contributed by atoms with van der Waals surface area (Å²) in [7, 11) is -5.54. The minimum Gasteiger partial charge on any atom is -0.258 e. The molecule has 1 aliphatic rings. The van der Waals surface area contributed by atoms with Gasteiger partial charge < -0.3 is 0 Å². The van der Waals surface area contributed by atoms with Crippen molar-refractivity contribution in [2.75, 3.05) is 0 Å². The molecule has 0 bridgehead atoms. The van der Waals surface area contributed by atoms with E-state index >= 15 is 0 Å². The molecule has 0 spiro atoms. The highest BCUT2D eigenvalue weighted by atomic mass is 28.3. The first-order chi connectivity index (χ1) is 19.5. The van der Waals surface area contributed by atoms with Gasteiger partial charge >= 0.3 is 0 Å². The van der Waals surface area contributed by atoms with Crippen LogP contribution in [0.4, 0.5) is 0 Å². The third kappa shape index (κ3) is 5.43. The summed E-state index contributed by atoms with van der Waals surface area (Å²) in [4.78, 5) is 11.0. The summed E-state index contributed by atoms with van der Waals surface area (Å²) in [5, 5.41) is 5.53. The molecule has 2 aromatic carbocycles. The predicted octanol–water partition coefficient (Wildman–Crippen LogP) is 8.67. The SMILES string of the molecule is CC[Si]1(CC)C(c2cccc([Si](C)(C)C)n2)=C(c2ccccc2)C(c2ccccc2)=C1c1cccc([Si](C)(C)C)n1. The molecule has 3 heterocycles. The Bertz CT molecular complexity index is 1490. The third-order valence-corrected chi connectivity index (χ3v) is 17.6. The van der Waals surface area contributed by atoms with Crippen LogP contribution in [0.25, 0.3) is 21.5 Å². The van der Waals surface area contributed by atoms with Crippen LogP contribution in [-0.4, -0.2) is 34.2 Å². The van der Waals surface area contributed by atoms with E-state index in [4.69, 9.17) is 9.97 Å². The highest BCUT2D eigenvalue weighted by molar-refractivity contribution is 7.14. The number of nitrogens with zero attached hydrogens (tertiary/aromatic N) is 2. The predicted molar refractivity (Wildman–Crippen MR) is 188 cm³/mol. The number of aromatic nitrogens is 2. The number of rotatable bonds is 8. The highest BCUT2D eigenvalue weighted by Crippen LogP contribution is 2.57. The monoisotopic (exact) mass is 588 g/mol. The molecule has 4 aromatic rings. The zero-order valence-corrected chi connectivity index (χ0v) is 29.0. The molecule has 0 atom stereocenters. The zero-order valence-electron chi connectivity index (χ0n) is 26.0. The smallest absolute Gasteiger partial charge is 0.124 e. The molecule has 0 aliphatic carbocycles. The summed E-state index contributed by atoms with van der Waals surface area (Å²) in [5.74, 6) is 0. The van der Waals surface area contributed by atoms with Crippen molar-refractivity contribution < 1.29 is 0 Å². The van der Waals surface area contributed by atoms with Crippen LogP contribution in [0.1, 0.15) is 36.4 Å². The maximum atomic E-state index is 5.50. The molecule has 0 unspecified atom stereocenters. The summed E-state index contributed by atoms with van der Waals surface area (Å²) < 4.78 is 0. The number of hydrogen-bond acceptors (Lipinski definition) is 2. The molecule has 0 N–H and O–H groups in total. The van der Waals surface area contributed by atoms with Gasteiger partial charge in [0.05, 0.1) is 11.4 Å². The lowest BCUT2D eigenvalue weighted by atomic mass is 9.90. The molecule has 0 fully saturated rings. The molecule has 1 aliphatic heterocycles. The van der Waals surface area contributed by atoms with E-state index in [9.17, 15) is 0 Å².